The maximum atomic E-state index is 13.3. The van der Waals surface area contributed by atoms with Crippen molar-refractivity contribution >= 4 is 23.1 Å². The van der Waals surface area contributed by atoms with Crippen LogP contribution in [0.5, 0.6) is 11.5 Å². The molecule has 1 fully saturated rings. The minimum atomic E-state index is -0.843. The molecule has 174 valence electrons. The first-order valence-corrected chi connectivity index (χ1v) is 11.1. The first-order valence-electron chi connectivity index (χ1n) is 11.1. The molecule has 3 aromatic rings. The molecule has 1 aliphatic rings. The van der Waals surface area contributed by atoms with E-state index < -0.39 is 17.7 Å². The molecular formula is C28H27NO5. The number of nitrogens with zero attached hydrogens (tertiary/aromatic N) is 1. The van der Waals surface area contributed by atoms with Crippen LogP contribution in [0.3, 0.4) is 0 Å². The van der Waals surface area contributed by atoms with Crippen molar-refractivity contribution in [3.63, 3.8) is 0 Å². The van der Waals surface area contributed by atoms with Crippen molar-refractivity contribution < 1.29 is 24.2 Å². The highest BCUT2D eigenvalue weighted by molar-refractivity contribution is 6.51. The van der Waals surface area contributed by atoms with Crippen LogP contribution in [0.4, 0.5) is 5.69 Å². The number of aliphatic hydroxyl groups excluding tert-OH is 1. The van der Waals surface area contributed by atoms with Gasteiger partial charge in [0.25, 0.3) is 11.7 Å². The number of Topliss-reactive ketones (excluding diaryl/α,β-unsaturated/α-hetero) is 1. The number of aliphatic hydroxyl groups is 1. The maximum Gasteiger partial charge on any atom is 0.300 e. The first kappa shape index (κ1) is 23.1. The van der Waals surface area contributed by atoms with Crippen LogP contribution in [0.25, 0.3) is 5.76 Å². The van der Waals surface area contributed by atoms with E-state index >= 15 is 0 Å². The Labute approximate surface area is 199 Å². The van der Waals surface area contributed by atoms with Crippen molar-refractivity contribution in [2.24, 2.45) is 0 Å². The van der Waals surface area contributed by atoms with Gasteiger partial charge in [0.2, 0.25) is 0 Å². The number of hydrogen-bond donors (Lipinski definition) is 1. The highest BCUT2D eigenvalue weighted by Crippen LogP contribution is 2.43. The summed E-state index contributed by atoms with van der Waals surface area (Å²) < 4.78 is 11.2. The van der Waals surface area contributed by atoms with E-state index in [1.807, 2.05) is 51.1 Å². The van der Waals surface area contributed by atoms with Crippen LogP contribution in [0.1, 0.15) is 36.6 Å². The number of anilines is 1. The molecule has 0 aromatic heterocycles. The second-order valence-corrected chi connectivity index (χ2v) is 8.48. The van der Waals surface area contributed by atoms with E-state index in [1.165, 1.54) is 12.0 Å². The number of rotatable bonds is 6. The Balaban J connectivity index is 1.93. The summed E-state index contributed by atoms with van der Waals surface area (Å²) in [6.07, 6.45) is -0.0486. The van der Waals surface area contributed by atoms with Gasteiger partial charge in [0.1, 0.15) is 17.3 Å². The molecule has 6 nitrogen and oxygen atoms in total. The Morgan fingerprint density at radius 2 is 1.62 bits per heavy atom. The number of amides is 1. The van der Waals surface area contributed by atoms with Gasteiger partial charge in [0, 0.05) is 17.3 Å². The van der Waals surface area contributed by atoms with E-state index in [0.717, 1.165) is 5.56 Å². The van der Waals surface area contributed by atoms with Gasteiger partial charge in [-0.05, 0) is 50.6 Å². The Hall–Kier alpha value is -4.06. The zero-order valence-electron chi connectivity index (χ0n) is 19.6. The summed E-state index contributed by atoms with van der Waals surface area (Å²) in [5.41, 5.74) is 2.65. The average molecular weight is 458 g/mol. The topological polar surface area (TPSA) is 76.1 Å². The summed E-state index contributed by atoms with van der Waals surface area (Å²) in [6, 6.07) is 20.5. The minimum Gasteiger partial charge on any atom is -0.507 e. The van der Waals surface area contributed by atoms with Crippen LogP contribution < -0.4 is 14.4 Å². The summed E-state index contributed by atoms with van der Waals surface area (Å²) in [5, 5.41) is 11.2. The summed E-state index contributed by atoms with van der Waals surface area (Å²) >= 11 is 0. The Kier molecular flexibility index (Phi) is 6.41. The van der Waals surface area contributed by atoms with Crippen LogP contribution in [0.2, 0.25) is 0 Å². The van der Waals surface area contributed by atoms with Crippen LogP contribution in [0.15, 0.2) is 78.4 Å². The highest BCUT2D eigenvalue weighted by Gasteiger charge is 2.47. The van der Waals surface area contributed by atoms with Gasteiger partial charge in [-0.15, -0.1) is 0 Å². The lowest BCUT2D eigenvalue weighted by atomic mass is 9.94. The number of benzene rings is 3. The monoisotopic (exact) mass is 457 g/mol. The third-order valence-corrected chi connectivity index (χ3v) is 5.65. The lowest BCUT2D eigenvalue weighted by molar-refractivity contribution is -0.132. The van der Waals surface area contributed by atoms with Gasteiger partial charge in [-0.25, -0.2) is 0 Å². The van der Waals surface area contributed by atoms with Gasteiger partial charge < -0.3 is 14.6 Å². The number of carbonyl (C=O) groups excluding carboxylic acids is 2. The van der Waals surface area contributed by atoms with E-state index in [1.54, 1.807) is 42.5 Å². The van der Waals surface area contributed by atoms with E-state index in [0.29, 0.717) is 28.3 Å². The smallest absolute Gasteiger partial charge is 0.300 e. The average Bonchev–Trinajstić information content (AvgIpc) is 3.09. The van der Waals surface area contributed by atoms with Crippen molar-refractivity contribution in [2.45, 2.75) is 32.9 Å². The molecule has 1 heterocycles. The number of aryl methyl sites for hydroxylation is 1. The van der Waals surface area contributed by atoms with Gasteiger partial charge in [-0.3, -0.25) is 14.5 Å². The summed E-state index contributed by atoms with van der Waals surface area (Å²) in [6.45, 7) is 5.78. The van der Waals surface area contributed by atoms with Crippen molar-refractivity contribution in [3.05, 3.63) is 95.1 Å². The van der Waals surface area contributed by atoms with Gasteiger partial charge in [-0.1, -0.05) is 48.0 Å². The van der Waals surface area contributed by atoms with Crippen LogP contribution in [-0.2, 0) is 9.59 Å². The Bertz CT molecular complexity index is 1260. The second-order valence-electron chi connectivity index (χ2n) is 8.48. The second kappa shape index (κ2) is 9.43. The van der Waals surface area contributed by atoms with Crippen molar-refractivity contribution in [1.29, 1.82) is 0 Å². The molecule has 1 unspecified atom stereocenters. The minimum absolute atomic E-state index is 0.0263. The van der Waals surface area contributed by atoms with E-state index in [2.05, 4.69) is 0 Å². The molecule has 0 bridgehead atoms. The van der Waals surface area contributed by atoms with Gasteiger partial charge in [-0.2, -0.15) is 0 Å². The van der Waals surface area contributed by atoms with Gasteiger partial charge >= 0.3 is 0 Å². The SMILES string of the molecule is COc1cccc(N2C(=O)C(=O)/C(=C(/O)c3ccc(C)cc3)C2c2cccc(OC(C)C)c2)c1. The fourth-order valence-electron chi connectivity index (χ4n) is 4.07. The van der Waals surface area contributed by atoms with E-state index in [9.17, 15) is 14.7 Å². The largest absolute Gasteiger partial charge is 0.507 e. The fourth-order valence-corrected chi connectivity index (χ4v) is 4.07. The third-order valence-electron chi connectivity index (χ3n) is 5.65. The molecule has 0 radical (unpaired) electrons. The lowest BCUT2D eigenvalue weighted by Gasteiger charge is -2.26. The lowest BCUT2D eigenvalue weighted by Crippen LogP contribution is -2.29. The van der Waals surface area contributed by atoms with Crippen LogP contribution in [-0.4, -0.2) is 30.0 Å². The van der Waals surface area contributed by atoms with Crippen LogP contribution in [0, 0.1) is 6.92 Å². The van der Waals surface area contributed by atoms with Crippen LogP contribution >= 0.6 is 0 Å². The van der Waals surface area contributed by atoms with Crippen molar-refractivity contribution in [3.8, 4) is 11.5 Å². The first-order chi connectivity index (χ1) is 16.3. The van der Waals surface area contributed by atoms with Gasteiger partial charge in [0.05, 0.1) is 24.8 Å². The third kappa shape index (κ3) is 4.39. The molecule has 6 heteroatoms. The molecule has 1 amide bonds. The predicted molar refractivity (Wildman–Crippen MR) is 131 cm³/mol. The molecule has 1 aliphatic heterocycles. The Morgan fingerprint density at radius 3 is 2.29 bits per heavy atom. The Morgan fingerprint density at radius 1 is 0.941 bits per heavy atom. The molecule has 1 N–H and O–H groups in total. The van der Waals surface area contributed by atoms with E-state index in [-0.39, 0.29) is 17.4 Å². The number of ether oxygens (including phenoxy) is 2. The zero-order chi connectivity index (χ0) is 24.4. The van der Waals surface area contributed by atoms with Crippen molar-refractivity contribution in [1.82, 2.24) is 0 Å². The van der Waals surface area contributed by atoms with Gasteiger partial charge in [0.15, 0.2) is 0 Å². The fraction of sp³-hybridized carbons (Fsp3) is 0.214. The molecule has 0 spiro atoms. The standard InChI is InChI=1S/C28H27NO5/c1-17(2)34-23-10-5-7-20(15-23)25-24(26(30)19-13-11-18(3)12-14-19)27(31)28(32)29(25)21-8-6-9-22(16-21)33-4/h5-17,25,30H,1-4H3/b26-24+. The normalized spacial score (nSPS) is 17.3. The zero-order valence-corrected chi connectivity index (χ0v) is 19.6. The summed E-state index contributed by atoms with van der Waals surface area (Å²) in [7, 11) is 1.54. The predicted octanol–water partition coefficient (Wildman–Crippen LogP) is 5.42. The highest BCUT2D eigenvalue weighted by atomic mass is 16.5. The molecule has 0 saturated carbocycles. The molecule has 4 rings (SSSR count). The number of carbonyl (C=O) groups is 2. The summed E-state index contributed by atoms with van der Waals surface area (Å²) in [5.74, 6) is -0.528. The quantitative estimate of drug-likeness (QED) is 0.304. The number of ketones is 1. The molecule has 3 aromatic carbocycles. The van der Waals surface area contributed by atoms with Crippen molar-refractivity contribution in [2.75, 3.05) is 12.0 Å². The molecular weight excluding hydrogens is 430 g/mol. The molecule has 1 saturated heterocycles. The molecule has 1 atom stereocenters. The number of hydrogen-bond acceptors (Lipinski definition) is 5. The molecule has 0 aliphatic carbocycles. The molecule has 34 heavy (non-hydrogen) atoms. The van der Waals surface area contributed by atoms with E-state index in [4.69, 9.17) is 9.47 Å². The summed E-state index contributed by atoms with van der Waals surface area (Å²) in [4.78, 5) is 28.0. The maximum absolute atomic E-state index is 13.3. The number of methoxy groups -OCH3 is 1.